The summed E-state index contributed by atoms with van der Waals surface area (Å²) in [6, 6.07) is 0. The SMILES string of the molecule is [B]c1c([B])c([B])c2c(sc3c([B])c(B4OC(C)(C)C(C)(C)O4)c([B])c([B])c32)c1Cl. The first-order valence-electron chi connectivity index (χ1n) is 9.00. The van der Waals surface area contributed by atoms with Crippen LogP contribution in [0, 0.1) is 0 Å². The van der Waals surface area contributed by atoms with Crippen LogP contribution in [0.15, 0.2) is 0 Å². The molecule has 1 fully saturated rings. The highest BCUT2D eigenvalue weighted by Crippen LogP contribution is 2.37. The van der Waals surface area contributed by atoms with Crippen LogP contribution < -0.4 is 38.2 Å². The second-order valence-corrected chi connectivity index (χ2v) is 9.71. The average Bonchev–Trinajstić information content (AvgIpc) is 3.12. The summed E-state index contributed by atoms with van der Waals surface area (Å²) >= 11 is 7.78. The zero-order chi connectivity index (χ0) is 21.6. The standard InChI is InChI=1S/C18H12B7ClO2S/c1-17(2)18(3,4)28-25(27-17)13-10(22)8(20)5-6-7(19)9(21)11(23)14(26)16(6)29-15(5)12(13)24/h1-4H3. The summed E-state index contributed by atoms with van der Waals surface area (Å²) in [6.45, 7) is 7.80. The van der Waals surface area contributed by atoms with Crippen molar-refractivity contribution in [3.63, 3.8) is 0 Å². The molecule has 0 N–H and O–H groups in total. The summed E-state index contributed by atoms with van der Waals surface area (Å²) in [5.41, 5.74) is 1.09. The molecule has 0 amide bonds. The van der Waals surface area contributed by atoms with Crippen molar-refractivity contribution in [3.8, 4) is 0 Å². The first-order chi connectivity index (χ1) is 13.3. The summed E-state index contributed by atoms with van der Waals surface area (Å²) in [4.78, 5) is 0. The molecule has 0 atom stereocenters. The van der Waals surface area contributed by atoms with Crippen molar-refractivity contribution in [2.45, 2.75) is 38.9 Å². The second-order valence-electron chi connectivity index (χ2n) is 8.31. The number of hydrogen-bond acceptors (Lipinski definition) is 3. The Hall–Kier alpha value is -0.675. The lowest BCUT2D eigenvalue weighted by atomic mass is 9.60. The molecule has 0 spiro atoms. The maximum Gasteiger partial charge on any atom is 0.493 e. The van der Waals surface area contributed by atoms with E-state index in [-0.39, 0.29) is 16.4 Å². The van der Waals surface area contributed by atoms with Crippen molar-refractivity contribution < 1.29 is 9.31 Å². The van der Waals surface area contributed by atoms with Crippen LogP contribution >= 0.6 is 22.9 Å². The van der Waals surface area contributed by atoms with E-state index in [0.29, 0.717) is 47.0 Å². The highest BCUT2D eigenvalue weighted by molar-refractivity contribution is 7.28. The molecule has 2 heterocycles. The van der Waals surface area contributed by atoms with Crippen LogP contribution in [0.5, 0.6) is 0 Å². The van der Waals surface area contributed by atoms with Gasteiger partial charge in [-0.2, -0.15) is 0 Å². The van der Waals surface area contributed by atoms with Crippen LogP contribution in [0.2, 0.25) is 5.02 Å². The molecule has 11 heteroatoms. The molecule has 130 valence electrons. The van der Waals surface area contributed by atoms with E-state index in [2.05, 4.69) is 0 Å². The van der Waals surface area contributed by atoms with Crippen LogP contribution in [-0.4, -0.2) is 65.4 Å². The van der Waals surface area contributed by atoms with Gasteiger partial charge in [0.05, 0.1) is 20.9 Å². The van der Waals surface area contributed by atoms with Gasteiger partial charge in [-0.1, -0.05) is 33.5 Å². The summed E-state index contributed by atoms with van der Waals surface area (Å²) in [5.74, 6) is 0. The Morgan fingerprint density at radius 1 is 0.690 bits per heavy atom. The fourth-order valence-corrected chi connectivity index (χ4v) is 5.14. The molecule has 0 unspecified atom stereocenters. The fraction of sp³-hybridized carbons (Fsp3) is 0.333. The van der Waals surface area contributed by atoms with Crippen molar-refractivity contribution in [2.75, 3.05) is 0 Å². The lowest BCUT2D eigenvalue weighted by Gasteiger charge is -2.32. The molecule has 0 bridgehead atoms. The maximum absolute atomic E-state index is 6.55. The fourth-order valence-electron chi connectivity index (χ4n) is 3.57. The van der Waals surface area contributed by atoms with Gasteiger partial charge in [0, 0.05) is 4.70 Å². The molecular weight excluding hydrogens is 391 g/mol. The van der Waals surface area contributed by atoms with E-state index in [9.17, 15) is 0 Å². The van der Waals surface area contributed by atoms with Gasteiger partial charge >= 0.3 is 7.12 Å². The maximum atomic E-state index is 6.55. The summed E-state index contributed by atoms with van der Waals surface area (Å²) in [7, 11) is 37.0. The number of thiophene rings is 1. The summed E-state index contributed by atoms with van der Waals surface area (Å²) in [6.07, 6.45) is 0. The summed E-state index contributed by atoms with van der Waals surface area (Å²) in [5, 5.41) is 1.51. The molecule has 1 aliphatic heterocycles. The van der Waals surface area contributed by atoms with Crippen LogP contribution in [0.3, 0.4) is 0 Å². The Bertz CT molecular complexity index is 1190. The van der Waals surface area contributed by atoms with E-state index >= 15 is 0 Å². The lowest BCUT2D eigenvalue weighted by molar-refractivity contribution is 0.00578. The van der Waals surface area contributed by atoms with Gasteiger partial charge in [0.25, 0.3) is 0 Å². The Balaban J connectivity index is 2.08. The van der Waals surface area contributed by atoms with Crippen molar-refractivity contribution in [1.82, 2.24) is 0 Å². The molecule has 2 nitrogen and oxygen atoms in total. The van der Waals surface area contributed by atoms with Crippen molar-refractivity contribution in [1.29, 1.82) is 0 Å². The van der Waals surface area contributed by atoms with Crippen molar-refractivity contribution in [2.24, 2.45) is 0 Å². The predicted octanol–water partition coefficient (Wildman–Crippen LogP) is -2.23. The number of benzene rings is 2. The first-order valence-corrected chi connectivity index (χ1v) is 10.2. The van der Waals surface area contributed by atoms with Gasteiger partial charge in [0.1, 0.15) is 47.1 Å². The van der Waals surface area contributed by atoms with E-state index in [1.807, 2.05) is 27.7 Å². The molecule has 29 heavy (non-hydrogen) atoms. The van der Waals surface area contributed by atoms with Gasteiger partial charge in [0.2, 0.25) is 0 Å². The molecule has 3 aromatic rings. The minimum atomic E-state index is -0.764. The van der Waals surface area contributed by atoms with E-state index in [1.54, 1.807) is 0 Å². The smallest absolute Gasteiger partial charge is 0.399 e. The largest absolute Gasteiger partial charge is 0.493 e. The third-order valence-corrected chi connectivity index (χ3v) is 7.81. The highest BCUT2D eigenvalue weighted by atomic mass is 35.5. The Kier molecular flexibility index (Phi) is 4.95. The topological polar surface area (TPSA) is 18.5 Å². The second kappa shape index (κ2) is 6.66. The van der Waals surface area contributed by atoms with Crippen LogP contribution in [0.25, 0.3) is 20.2 Å². The molecule has 12 radical (unpaired) electrons. The van der Waals surface area contributed by atoms with Gasteiger partial charge in [-0.15, -0.1) is 22.3 Å². The molecule has 2 aromatic carbocycles. The van der Waals surface area contributed by atoms with Gasteiger partial charge in [-0.3, -0.25) is 0 Å². The predicted molar refractivity (Wildman–Crippen MR) is 132 cm³/mol. The minimum absolute atomic E-state index is 0.203. The third kappa shape index (κ3) is 2.86. The lowest BCUT2D eigenvalue weighted by Crippen LogP contribution is -2.57. The summed E-state index contributed by atoms with van der Waals surface area (Å²) < 4.78 is 13.6. The zero-order valence-electron chi connectivity index (χ0n) is 16.6. The Morgan fingerprint density at radius 3 is 1.72 bits per heavy atom. The van der Waals surface area contributed by atoms with Crippen molar-refractivity contribution >= 4 is 136 Å². The quantitative estimate of drug-likeness (QED) is 0.429. The average molecular weight is 403 g/mol. The van der Waals surface area contributed by atoms with Crippen LogP contribution in [0.1, 0.15) is 27.7 Å². The first kappa shape index (κ1) is 21.6. The molecule has 1 aromatic heterocycles. The van der Waals surface area contributed by atoms with Gasteiger partial charge in [-0.05, 0) is 43.9 Å². The molecule has 1 aliphatic rings. The number of halogens is 1. The van der Waals surface area contributed by atoms with Gasteiger partial charge < -0.3 is 9.31 Å². The van der Waals surface area contributed by atoms with Crippen molar-refractivity contribution in [3.05, 3.63) is 5.02 Å². The molecular formula is C18H12B7ClO2S. The van der Waals surface area contributed by atoms with Crippen LogP contribution in [0.4, 0.5) is 0 Å². The number of fused-ring (bicyclic) bond motifs is 3. The van der Waals surface area contributed by atoms with E-state index in [1.165, 1.54) is 11.3 Å². The van der Waals surface area contributed by atoms with E-state index in [0.717, 1.165) is 0 Å². The number of rotatable bonds is 1. The molecule has 0 saturated carbocycles. The highest BCUT2D eigenvalue weighted by Gasteiger charge is 2.52. The monoisotopic (exact) mass is 404 g/mol. The molecule has 1 saturated heterocycles. The third-order valence-electron chi connectivity index (χ3n) is 6.07. The Morgan fingerprint density at radius 2 is 1.17 bits per heavy atom. The van der Waals surface area contributed by atoms with Gasteiger partial charge in [-0.25, -0.2) is 0 Å². The van der Waals surface area contributed by atoms with Gasteiger partial charge in [0.15, 0.2) is 0 Å². The normalized spacial score (nSPS) is 18.2. The minimum Gasteiger partial charge on any atom is -0.399 e. The Labute approximate surface area is 188 Å². The molecule has 4 rings (SSSR count). The zero-order valence-corrected chi connectivity index (χ0v) is 18.2. The van der Waals surface area contributed by atoms with E-state index in [4.69, 9.17) is 68.0 Å². The van der Waals surface area contributed by atoms with Crippen LogP contribution in [-0.2, 0) is 9.31 Å². The molecule has 0 aliphatic carbocycles. The van der Waals surface area contributed by atoms with E-state index < -0.39 is 18.3 Å². The number of hydrogen-bond donors (Lipinski definition) is 0.